The number of nitrogens with zero attached hydrogens (tertiary/aromatic N) is 2. The maximum atomic E-state index is 5.58. The number of fused-ring (bicyclic) bond motifs is 1. The van der Waals surface area contributed by atoms with Crippen LogP contribution in [0.4, 0.5) is 5.69 Å². The smallest absolute Gasteiger partial charge is 0.177 e. The molecule has 0 aliphatic carbocycles. The fraction of sp³-hybridized carbons (Fsp3) is 0. The second kappa shape index (κ2) is 2.06. The third-order valence-electron chi connectivity index (χ3n) is 1.45. The van der Waals surface area contributed by atoms with Crippen LogP contribution >= 0.6 is 12.2 Å². The Hall–Kier alpha value is -1.36. The number of aromatic nitrogens is 3. The van der Waals surface area contributed by atoms with E-state index in [1.165, 1.54) is 0 Å². The average molecular weight is 166 g/mol. The molecule has 11 heavy (non-hydrogen) atoms. The fourth-order valence-corrected chi connectivity index (χ4v) is 1.14. The van der Waals surface area contributed by atoms with Crippen LogP contribution in [0.1, 0.15) is 0 Å². The molecular weight excluding hydrogens is 160 g/mol. The van der Waals surface area contributed by atoms with Gasteiger partial charge >= 0.3 is 0 Å². The first-order chi connectivity index (χ1) is 5.29. The van der Waals surface area contributed by atoms with E-state index in [4.69, 9.17) is 18.0 Å². The first kappa shape index (κ1) is 6.36. The summed E-state index contributed by atoms with van der Waals surface area (Å²) in [5, 5.41) is 2.88. The maximum Gasteiger partial charge on any atom is 0.177 e. The van der Waals surface area contributed by atoms with Crippen molar-refractivity contribution in [3.05, 3.63) is 23.1 Å². The van der Waals surface area contributed by atoms with Crippen molar-refractivity contribution in [3.8, 4) is 0 Å². The molecule has 0 aliphatic heterocycles. The molecule has 2 aromatic heterocycles. The lowest BCUT2D eigenvalue weighted by Gasteiger charge is -1.91. The molecule has 2 heterocycles. The molecule has 0 aliphatic rings. The highest BCUT2D eigenvalue weighted by molar-refractivity contribution is 7.71. The number of H-pyrrole nitrogens is 1. The first-order valence-corrected chi connectivity index (χ1v) is 3.50. The van der Waals surface area contributed by atoms with E-state index in [-0.39, 0.29) is 0 Å². The van der Waals surface area contributed by atoms with E-state index in [2.05, 4.69) is 10.1 Å². The standard InChI is InChI=1S/C6H6N4S/c7-4-3-9-10-5(11)1-2-8-6(4)10/h1-3,9H,7H2. The molecule has 0 unspecified atom stereocenters. The summed E-state index contributed by atoms with van der Waals surface area (Å²) < 4.78 is 2.33. The predicted molar refractivity (Wildman–Crippen MR) is 44.8 cm³/mol. The van der Waals surface area contributed by atoms with Crippen LogP contribution in [0.15, 0.2) is 18.5 Å². The Labute approximate surface area is 67.7 Å². The SMILES string of the molecule is Nc1c[nH]n2c(=S)ccnc12. The summed E-state index contributed by atoms with van der Waals surface area (Å²) in [5.41, 5.74) is 6.87. The Morgan fingerprint density at radius 3 is 3.18 bits per heavy atom. The zero-order valence-electron chi connectivity index (χ0n) is 5.61. The molecule has 2 rings (SSSR count). The highest BCUT2D eigenvalue weighted by Gasteiger charge is 1.98. The van der Waals surface area contributed by atoms with Crippen molar-refractivity contribution < 1.29 is 0 Å². The summed E-state index contributed by atoms with van der Waals surface area (Å²) in [7, 11) is 0. The Morgan fingerprint density at radius 1 is 1.64 bits per heavy atom. The topological polar surface area (TPSA) is 59.1 Å². The predicted octanol–water partition coefficient (Wildman–Crippen LogP) is 0.974. The van der Waals surface area contributed by atoms with Gasteiger partial charge in [0.25, 0.3) is 0 Å². The zero-order chi connectivity index (χ0) is 7.84. The van der Waals surface area contributed by atoms with Crippen molar-refractivity contribution in [2.45, 2.75) is 0 Å². The Kier molecular flexibility index (Phi) is 1.19. The van der Waals surface area contributed by atoms with Gasteiger partial charge in [0.05, 0.1) is 5.69 Å². The van der Waals surface area contributed by atoms with E-state index in [9.17, 15) is 0 Å². The number of nitrogen functional groups attached to an aromatic ring is 1. The maximum absolute atomic E-state index is 5.58. The van der Waals surface area contributed by atoms with Crippen LogP contribution in [-0.2, 0) is 0 Å². The fourth-order valence-electron chi connectivity index (χ4n) is 0.935. The van der Waals surface area contributed by atoms with Crippen LogP contribution in [0.3, 0.4) is 0 Å². The number of aromatic amines is 1. The third-order valence-corrected chi connectivity index (χ3v) is 1.77. The van der Waals surface area contributed by atoms with E-state index in [1.807, 2.05) is 0 Å². The van der Waals surface area contributed by atoms with Gasteiger partial charge in [0, 0.05) is 12.4 Å². The van der Waals surface area contributed by atoms with Gasteiger partial charge < -0.3 is 5.73 Å². The number of nitrogens with two attached hydrogens (primary N) is 1. The molecule has 0 aromatic carbocycles. The van der Waals surface area contributed by atoms with E-state index in [0.29, 0.717) is 16.0 Å². The molecule has 0 bridgehead atoms. The summed E-state index contributed by atoms with van der Waals surface area (Å²) in [5.74, 6) is 0. The lowest BCUT2D eigenvalue weighted by molar-refractivity contribution is 0.925. The Morgan fingerprint density at radius 2 is 2.45 bits per heavy atom. The minimum Gasteiger partial charge on any atom is -0.394 e. The summed E-state index contributed by atoms with van der Waals surface area (Å²) in [6, 6.07) is 1.73. The van der Waals surface area contributed by atoms with Gasteiger partial charge in [0.15, 0.2) is 5.65 Å². The summed E-state index contributed by atoms with van der Waals surface area (Å²) in [6.45, 7) is 0. The van der Waals surface area contributed by atoms with Crippen LogP contribution in [0.2, 0.25) is 0 Å². The average Bonchev–Trinajstić information content (AvgIpc) is 2.35. The van der Waals surface area contributed by atoms with E-state index < -0.39 is 0 Å². The van der Waals surface area contributed by atoms with Crippen LogP contribution in [0, 0.1) is 4.64 Å². The lowest BCUT2D eigenvalue weighted by atomic mass is 10.5. The molecule has 0 spiro atoms. The Balaban J connectivity index is 3.06. The lowest BCUT2D eigenvalue weighted by Crippen LogP contribution is -1.91. The van der Waals surface area contributed by atoms with E-state index in [0.717, 1.165) is 0 Å². The van der Waals surface area contributed by atoms with E-state index in [1.54, 1.807) is 23.0 Å². The number of rotatable bonds is 0. The van der Waals surface area contributed by atoms with Gasteiger partial charge in [-0.2, -0.15) is 0 Å². The van der Waals surface area contributed by atoms with Crippen molar-refractivity contribution in [1.82, 2.24) is 14.6 Å². The largest absolute Gasteiger partial charge is 0.394 e. The van der Waals surface area contributed by atoms with Crippen molar-refractivity contribution in [3.63, 3.8) is 0 Å². The van der Waals surface area contributed by atoms with Gasteiger partial charge in [-0.1, -0.05) is 12.2 Å². The minimum atomic E-state index is 0.608. The summed E-state index contributed by atoms with van der Waals surface area (Å²) >= 11 is 5.00. The second-order valence-electron chi connectivity index (χ2n) is 2.17. The molecule has 2 aromatic rings. The quantitative estimate of drug-likeness (QED) is 0.573. The number of hydrogen-bond acceptors (Lipinski definition) is 3. The van der Waals surface area contributed by atoms with Crippen molar-refractivity contribution in [2.24, 2.45) is 0 Å². The molecule has 0 fully saturated rings. The van der Waals surface area contributed by atoms with Crippen LogP contribution in [0.25, 0.3) is 5.65 Å². The monoisotopic (exact) mass is 166 g/mol. The van der Waals surface area contributed by atoms with Crippen LogP contribution in [-0.4, -0.2) is 14.6 Å². The highest BCUT2D eigenvalue weighted by Crippen LogP contribution is 2.08. The molecule has 56 valence electrons. The van der Waals surface area contributed by atoms with Gasteiger partial charge in [-0.3, -0.25) is 5.10 Å². The Bertz CT molecular complexity index is 441. The zero-order valence-corrected chi connectivity index (χ0v) is 6.43. The molecule has 0 radical (unpaired) electrons. The molecular formula is C6H6N4S. The summed E-state index contributed by atoms with van der Waals surface area (Å²) in [4.78, 5) is 4.04. The molecule has 4 nitrogen and oxygen atoms in total. The molecule has 0 saturated carbocycles. The van der Waals surface area contributed by atoms with Gasteiger partial charge in [-0.05, 0) is 6.07 Å². The van der Waals surface area contributed by atoms with Gasteiger partial charge in [0.2, 0.25) is 0 Å². The summed E-state index contributed by atoms with van der Waals surface area (Å²) in [6.07, 6.45) is 3.31. The number of anilines is 1. The molecule has 3 N–H and O–H groups in total. The second-order valence-corrected chi connectivity index (χ2v) is 2.59. The van der Waals surface area contributed by atoms with Gasteiger partial charge in [-0.15, -0.1) is 0 Å². The van der Waals surface area contributed by atoms with Crippen molar-refractivity contribution in [2.75, 3.05) is 5.73 Å². The van der Waals surface area contributed by atoms with Crippen molar-refractivity contribution >= 4 is 23.6 Å². The van der Waals surface area contributed by atoms with E-state index >= 15 is 0 Å². The van der Waals surface area contributed by atoms with Crippen LogP contribution in [0.5, 0.6) is 0 Å². The first-order valence-electron chi connectivity index (χ1n) is 3.09. The van der Waals surface area contributed by atoms with Crippen LogP contribution < -0.4 is 5.73 Å². The third kappa shape index (κ3) is 0.813. The molecule has 0 saturated heterocycles. The minimum absolute atomic E-state index is 0.608. The number of hydrogen-bond donors (Lipinski definition) is 2. The normalized spacial score (nSPS) is 10.5. The van der Waals surface area contributed by atoms with Gasteiger partial charge in [-0.25, -0.2) is 9.50 Å². The molecule has 0 atom stereocenters. The molecule has 5 heteroatoms. The van der Waals surface area contributed by atoms with Crippen molar-refractivity contribution in [1.29, 1.82) is 0 Å². The highest BCUT2D eigenvalue weighted by atomic mass is 32.1. The molecule has 0 amide bonds. The van der Waals surface area contributed by atoms with Gasteiger partial charge in [0.1, 0.15) is 4.64 Å². The number of nitrogens with one attached hydrogen (secondary N) is 1.